The van der Waals surface area contributed by atoms with Crippen LogP contribution >= 0.6 is 0 Å². The summed E-state index contributed by atoms with van der Waals surface area (Å²) in [5.41, 5.74) is 6.00. The first kappa shape index (κ1) is 19.1. The van der Waals surface area contributed by atoms with Gasteiger partial charge in [0.1, 0.15) is 17.2 Å². The van der Waals surface area contributed by atoms with Gasteiger partial charge in [-0.05, 0) is 24.3 Å². The van der Waals surface area contributed by atoms with Crippen molar-refractivity contribution in [1.82, 2.24) is 0 Å². The number of Topliss-reactive ketones (excluding diaryl/α,β-unsaturated/α-hetero) is 1. The first-order valence-electron chi connectivity index (χ1n) is 8.26. The lowest BCUT2D eigenvalue weighted by atomic mass is 10.1. The molecule has 1 aliphatic heterocycles. The quantitative estimate of drug-likeness (QED) is 0.728. The molecular weight excluding hydrogens is 366 g/mol. The number of hydrogen-bond acceptors (Lipinski definition) is 7. The number of hydrogen-bond donors (Lipinski definition) is 1. The molecule has 0 saturated carbocycles. The van der Waals surface area contributed by atoms with E-state index in [2.05, 4.69) is 0 Å². The molecule has 1 aliphatic rings. The van der Waals surface area contributed by atoms with Crippen LogP contribution in [0.2, 0.25) is 0 Å². The smallest absolute Gasteiger partial charge is 0.255 e. The molecule has 0 saturated heterocycles. The first-order valence-corrected chi connectivity index (χ1v) is 8.26. The Labute approximate surface area is 161 Å². The van der Waals surface area contributed by atoms with E-state index in [0.717, 1.165) is 0 Å². The summed E-state index contributed by atoms with van der Waals surface area (Å²) < 4.78 is 26.9. The molecule has 0 spiro atoms. The van der Waals surface area contributed by atoms with Gasteiger partial charge in [-0.2, -0.15) is 0 Å². The Bertz CT molecular complexity index is 965. The second-order valence-corrected chi connectivity index (χ2v) is 5.80. The van der Waals surface area contributed by atoms with Gasteiger partial charge in [0.15, 0.2) is 23.9 Å². The van der Waals surface area contributed by atoms with E-state index >= 15 is 0 Å². The highest BCUT2D eigenvalue weighted by Crippen LogP contribution is 2.39. The predicted octanol–water partition coefficient (Wildman–Crippen LogP) is 2.19. The van der Waals surface area contributed by atoms with Crippen LogP contribution in [0.25, 0.3) is 6.08 Å². The average molecular weight is 385 g/mol. The number of methoxy groups -OCH3 is 3. The Morgan fingerprint density at radius 3 is 2.50 bits per heavy atom. The van der Waals surface area contributed by atoms with Crippen LogP contribution in [0.4, 0.5) is 0 Å². The third kappa shape index (κ3) is 3.71. The molecule has 1 amide bonds. The molecule has 0 atom stereocenters. The summed E-state index contributed by atoms with van der Waals surface area (Å²) in [7, 11) is 4.54. The van der Waals surface area contributed by atoms with Gasteiger partial charge in [0, 0.05) is 17.7 Å². The van der Waals surface area contributed by atoms with Gasteiger partial charge < -0.3 is 29.4 Å². The fraction of sp³-hybridized carbons (Fsp3) is 0.200. The number of fused-ring (bicyclic) bond motifs is 1. The van der Waals surface area contributed by atoms with Crippen LogP contribution in [0.1, 0.15) is 15.9 Å². The summed E-state index contributed by atoms with van der Waals surface area (Å²) in [5.74, 6) is 1.34. The zero-order valence-corrected chi connectivity index (χ0v) is 15.6. The summed E-state index contributed by atoms with van der Waals surface area (Å²) in [6.45, 7) is -0.268. The average Bonchev–Trinajstić information content (AvgIpc) is 3.00. The van der Waals surface area contributed by atoms with Gasteiger partial charge in [0.2, 0.25) is 5.78 Å². The van der Waals surface area contributed by atoms with E-state index in [4.69, 9.17) is 29.4 Å². The topological polar surface area (TPSA) is 106 Å². The monoisotopic (exact) mass is 385 g/mol. The minimum Gasteiger partial charge on any atom is -0.497 e. The van der Waals surface area contributed by atoms with Gasteiger partial charge >= 0.3 is 0 Å². The highest BCUT2D eigenvalue weighted by atomic mass is 16.5. The van der Waals surface area contributed by atoms with Crippen molar-refractivity contribution in [3.05, 3.63) is 47.2 Å². The van der Waals surface area contributed by atoms with Crippen molar-refractivity contribution in [1.29, 1.82) is 0 Å². The van der Waals surface area contributed by atoms with Crippen molar-refractivity contribution >= 4 is 17.8 Å². The van der Waals surface area contributed by atoms with Crippen LogP contribution in [0.3, 0.4) is 0 Å². The Balaban J connectivity index is 1.95. The van der Waals surface area contributed by atoms with Crippen molar-refractivity contribution in [2.45, 2.75) is 0 Å². The molecule has 0 fully saturated rings. The lowest BCUT2D eigenvalue weighted by Crippen LogP contribution is -2.19. The zero-order chi connectivity index (χ0) is 20.3. The molecule has 3 rings (SSSR count). The normalized spacial score (nSPS) is 13.7. The SMILES string of the molecule is COc1cc(/C=C2/Oc3cc(OCC(N)=O)ccc3C2=O)c(OC)c(OC)c1. The van der Waals surface area contributed by atoms with Gasteiger partial charge in [0.05, 0.1) is 26.9 Å². The Kier molecular flexibility index (Phi) is 5.39. The van der Waals surface area contributed by atoms with E-state index in [1.54, 1.807) is 30.3 Å². The minimum atomic E-state index is -0.600. The number of primary amides is 1. The number of ether oxygens (including phenoxy) is 5. The largest absolute Gasteiger partial charge is 0.497 e. The van der Waals surface area contributed by atoms with Crippen LogP contribution in [-0.2, 0) is 4.79 Å². The second-order valence-electron chi connectivity index (χ2n) is 5.80. The van der Waals surface area contributed by atoms with E-state index in [0.29, 0.717) is 39.9 Å². The fourth-order valence-corrected chi connectivity index (χ4v) is 2.75. The van der Waals surface area contributed by atoms with E-state index < -0.39 is 5.91 Å². The molecule has 0 radical (unpaired) electrons. The lowest BCUT2D eigenvalue weighted by molar-refractivity contribution is -0.119. The Morgan fingerprint density at radius 2 is 1.86 bits per heavy atom. The third-order valence-electron chi connectivity index (χ3n) is 4.03. The predicted molar refractivity (Wildman–Crippen MR) is 100 cm³/mol. The molecule has 2 N–H and O–H groups in total. The van der Waals surface area contributed by atoms with Crippen molar-refractivity contribution in [3.63, 3.8) is 0 Å². The Morgan fingerprint density at radius 1 is 1.07 bits per heavy atom. The van der Waals surface area contributed by atoms with Crippen LogP contribution in [0.5, 0.6) is 28.7 Å². The number of allylic oxidation sites excluding steroid dienone is 1. The van der Waals surface area contributed by atoms with E-state index in [9.17, 15) is 9.59 Å². The van der Waals surface area contributed by atoms with Crippen molar-refractivity contribution in [2.75, 3.05) is 27.9 Å². The summed E-state index contributed by atoms with van der Waals surface area (Å²) in [4.78, 5) is 23.5. The number of benzene rings is 2. The molecule has 1 heterocycles. The van der Waals surface area contributed by atoms with E-state index in [-0.39, 0.29) is 18.1 Å². The number of ketones is 1. The zero-order valence-electron chi connectivity index (χ0n) is 15.6. The van der Waals surface area contributed by atoms with Crippen LogP contribution < -0.4 is 29.4 Å². The molecule has 0 unspecified atom stereocenters. The summed E-state index contributed by atoms with van der Waals surface area (Å²) in [5, 5.41) is 0. The second kappa shape index (κ2) is 7.91. The third-order valence-corrected chi connectivity index (χ3v) is 4.03. The van der Waals surface area contributed by atoms with Gasteiger partial charge in [-0.25, -0.2) is 0 Å². The number of rotatable bonds is 7. The maximum absolute atomic E-state index is 12.7. The Hall–Kier alpha value is -3.68. The molecular formula is C20H19NO7. The first-order chi connectivity index (χ1) is 13.5. The van der Waals surface area contributed by atoms with Crippen molar-refractivity contribution in [3.8, 4) is 28.7 Å². The molecule has 2 aromatic rings. The molecule has 2 aromatic carbocycles. The summed E-state index contributed by atoms with van der Waals surface area (Å²) in [6.07, 6.45) is 1.55. The number of nitrogens with two attached hydrogens (primary N) is 1. The van der Waals surface area contributed by atoms with Crippen LogP contribution in [0.15, 0.2) is 36.1 Å². The van der Waals surface area contributed by atoms with Gasteiger partial charge in [0.25, 0.3) is 5.91 Å². The van der Waals surface area contributed by atoms with Crippen molar-refractivity contribution in [2.24, 2.45) is 5.73 Å². The van der Waals surface area contributed by atoms with E-state index in [1.165, 1.54) is 27.4 Å². The molecule has 8 nitrogen and oxygen atoms in total. The highest BCUT2D eigenvalue weighted by Gasteiger charge is 2.28. The molecule has 28 heavy (non-hydrogen) atoms. The highest BCUT2D eigenvalue weighted by molar-refractivity contribution is 6.14. The fourth-order valence-electron chi connectivity index (χ4n) is 2.75. The molecule has 0 aliphatic carbocycles. The minimum absolute atomic E-state index is 0.107. The van der Waals surface area contributed by atoms with E-state index in [1.807, 2.05) is 0 Å². The maximum Gasteiger partial charge on any atom is 0.255 e. The number of amides is 1. The number of carbonyl (C=O) groups is 2. The van der Waals surface area contributed by atoms with Crippen molar-refractivity contribution < 1.29 is 33.3 Å². The number of carbonyl (C=O) groups excluding carboxylic acids is 2. The molecule has 0 bridgehead atoms. The van der Waals surface area contributed by atoms with Gasteiger partial charge in [-0.15, -0.1) is 0 Å². The standard InChI is InChI=1S/C20H19NO7/c1-24-13-6-11(20(26-3)17(9-13)25-2)7-16-19(23)14-5-4-12(8-15(14)28-16)27-10-18(21)22/h4-9H,10H2,1-3H3,(H2,21,22)/b16-7+. The summed E-state index contributed by atoms with van der Waals surface area (Å²) >= 11 is 0. The van der Waals surface area contributed by atoms with Crippen LogP contribution in [0, 0.1) is 0 Å². The molecule has 8 heteroatoms. The summed E-state index contributed by atoms with van der Waals surface area (Å²) in [6, 6.07) is 8.05. The van der Waals surface area contributed by atoms with Gasteiger partial charge in [-0.3, -0.25) is 9.59 Å². The molecule has 0 aromatic heterocycles. The molecule has 146 valence electrons. The van der Waals surface area contributed by atoms with Crippen LogP contribution in [-0.4, -0.2) is 39.6 Å². The lowest BCUT2D eigenvalue weighted by Gasteiger charge is -2.13. The van der Waals surface area contributed by atoms with Gasteiger partial charge in [-0.1, -0.05) is 0 Å². The maximum atomic E-state index is 12.7.